The Kier molecular flexibility index (Phi) is 4.61. The normalized spacial score (nSPS) is 10.7. The topological polar surface area (TPSA) is 29.9 Å². The fourth-order valence-corrected chi connectivity index (χ4v) is 2.12. The highest BCUT2D eigenvalue weighted by atomic mass is 15.3. The monoisotopic (exact) mass is 257 g/mol. The van der Waals surface area contributed by atoms with E-state index in [0.717, 1.165) is 18.9 Å². The third-order valence-electron chi connectivity index (χ3n) is 3.43. The average Bonchev–Trinajstić information content (AvgIpc) is 2.76. The third-order valence-corrected chi connectivity index (χ3v) is 3.43. The van der Waals surface area contributed by atoms with Crippen molar-refractivity contribution < 1.29 is 0 Å². The Balaban J connectivity index is 1.98. The Hall–Kier alpha value is -1.77. The van der Waals surface area contributed by atoms with Crippen molar-refractivity contribution in [2.45, 2.75) is 46.7 Å². The fourth-order valence-electron chi connectivity index (χ4n) is 2.12. The van der Waals surface area contributed by atoms with Gasteiger partial charge in [-0.1, -0.05) is 37.6 Å². The quantitative estimate of drug-likeness (QED) is 0.850. The lowest BCUT2D eigenvalue weighted by Crippen LogP contribution is -2.04. The minimum atomic E-state index is 0.830. The maximum atomic E-state index is 4.60. The molecule has 0 saturated heterocycles. The Morgan fingerprint density at radius 3 is 2.74 bits per heavy atom. The molecule has 0 aliphatic carbocycles. The van der Waals surface area contributed by atoms with Crippen LogP contribution in [0.25, 0.3) is 0 Å². The maximum Gasteiger partial charge on any atom is 0.148 e. The summed E-state index contributed by atoms with van der Waals surface area (Å²) < 4.78 is 2.09. The second kappa shape index (κ2) is 6.41. The van der Waals surface area contributed by atoms with Crippen molar-refractivity contribution >= 4 is 5.82 Å². The first-order valence-electron chi connectivity index (χ1n) is 7.03. The summed E-state index contributed by atoms with van der Waals surface area (Å²) in [5.74, 6) is 0.969. The Morgan fingerprint density at radius 1 is 1.21 bits per heavy atom. The minimum Gasteiger partial charge on any atom is -0.365 e. The molecule has 0 unspecified atom stereocenters. The molecule has 0 amide bonds. The first kappa shape index (κ1) is 13.7. The summed E-state index contributed by atoms with van der Waals surface area (Å²) in [6, 6.07) is 10.6. The summed E-state index contributed by atoms with van der Waals surface area (Å²) in [6.45, 7) is 8.30. The van der Waals surface area contributed by atoms with E-state index in [9.17, 15) is 0 Å². The molecule has 0 fully saturated rings. The first-order valence-corrected chi connectivity index (χ1v) is 7.03. The van der Waals surface area contributed by atoms with Crippen LogP contribution in [0.2, 0.25) is 0 Å². The zero-order valence-corrected chi connectivity index (χ0v) is 12.1. The van der Waals surface area contributed by atoms with E-state index in [1.807, 2.05) is 0 Å². The summed E-state index contributed by atoms with van der Waals surface area (Å²) in [5.41, 5.74) is 3.86. The Bertz CT molecular complexity index is 529. The van der Waals surface area contributed by atoms with Gasteiger partial charge in [0.05, 0.1) is 0 Å². The molecular weight excluding hydrogens is 234 g/mol. The van der Waals surface area contributed by atoms with Crippen molar-refractivity contribution in [2.75, 3.05) is 5.32 Å². The number of rotatable bonds is 6. The van der Waals surface area contributed by atoms with Gasteiger partial charge in [0.25, 0.3) is 0 Å². The molecule has 2 aromatic rings. The van der Waals surface area contributed by atoms with Crippen molar-refractivity contribution in [3.05, 3.63) is 47.2 Å². The van der Waals surface area contributed by atoms with Crippen LogP contribution < -0.4 is 5.32 Å². The predicted molar refractivity (Wildman–Crippen MR) is 80.4 cm³/mol. The average molecular weight is 257 g/mol. The van der Waals surface area contributed by atoms with Crippen LogP contribution in [0, 0.1) is 13.8 Å². The van der Waals surface area contributed by atoms with Crippen molar-refractivity contribution in [2.24, 2.45) is 0 Å². The lowest BCUT2D eigenvalue weighted by Gasteiger charge is -2.06. The van der Waals surface area contributed by atoms with E-state index in [1.165, 1.54) is 29.7 Å². The molecule has 3 nitrogen and oxygen atoms in total. The van der Waals surface area contributed by atoms with Gasteiger partial charge in [0.1, 0.15) is 5.82 Å². The molecule has 1 aromatic heterocycles. The van der Waals surface area contributed by atoms with E-state index in [4.69, 9.17) is 0 Å². The number of aryl methyl sites for hydroxylation is 3. The summed E-state index contributed by atoms with van der Waals surface area (Å²) in [7, 11) is 0. The molecule has 0 radical (unpaired) electrons. The zero-order chi connectivity index (χ0) is 13.7. The zero-order valence-electron chi connectivity index (χ0n) is 12.1. The highest BCUT2D eigenvalue weighted by molar-refractivity contribution is 5.38. The summed E-state index contributed by atoms with van der Waals surface area (Å²) in [4.78, 5) is 0. The smallest absolute Gasteiger partial charge is 0.148 e. The standard InChI is InChI=1S/C16H23N3/c1-4-5-10-19-14(3)11-16(18-19)17-12-15-9-7-6-8-13(15)2/h6-9,11H,4-5,10,12H2,1-3H3,(H,17,18). The second-order valence-electron chi connectivity index (χ2n) is 5.03. The molecule has 2 rings (SSSR count). The molecule has 1 aromatic carbocycles. The van der Waals surface area contributed by atoms with Gasteiger partial charge < -0.3 is 5.32 Å². The van der Waals surface area contributed by atoms with Crippen LogP contribution in [-0.4, -0.2) is 9.78 Å². The molecule has 0 atom stereocenters. The van der Waals surface area contributed by atoms with Crippen molar-refractivity contribution in [3.8, 4) is 0 Å². The van der Waals surface area contributed by atoms with Gasteiger partial charge >= 0.3 is 0 Å². The minimum absolute atomic E-state index is 0.830. The molecule has 0 bridgehead atoms. The van der Waals surface area contributed by atoms with Crippen LogP contribution in [0.5, 0.6) is 0 Å². The number of aromatic nitrogens is 2. The lowest BCUT2D eigenvalue weighted by atomic mass is 10.1. The van der Waals surface area contributed by atoms with Crippen LogP contribution in [0.15, 0.2) is 30.3 Å². The second-order valence-corrected chi connectivity index (χ2v) is 5.03. The van der Waals surface area contributed by atoms with E-state index in [0.29, 0.717) is 0 Å². The number of hydrogen-bond acceptors (Lipinski definition) is 2. The SMILES string of the molecule is CCCCn1nc(NCc2ccccc2C)cc1C. The molecule has 102 valence electrons. The Labute approximate surface area is 115 Å². The maximum absolute atomic E-state index is 4.60. The molecule has 19 heavy (non-hydrogen) atoms. The van der Waals surface area contributed by atoms with Gasteiger partial charge in [-0.25, -0.2) is 0 Å². The number of anilines is 1. The van der Waals surface area contributed by atoms with Gasteiger partial charge in [0, 0.05) is 24.8 Å². The van der Waals surface area contributed by atoms with Gasteiger partial charge in [-0.3, -0.25) is 4.68 Å². The van der Waals surface area contributed by atoms with Crippen molar-refractivity contribution in [3.63, 3.8) is 0 Å². The Morgan fingerprint density at radius 2 is 2.00 bits per heavy atom. The number of nitrogens with one attached hydrogen (secondary N) is 1. The molecule has 0 aliphatic heterocycles. The highest BCUT2D eigenvalue weighted by Crippen LogP contribution is 2.13. The van der Waals surface area contributed by atoms with Crippen LogP contribution in [0.4, 0.5) is 5.82 Å². The highest BCUT2D eigenvalue weighted by Gasteiger charge is 2.04. The number of unbranched alkanes of at least 4 members (excludes halogenated alkanes) is 1. The molecule has 1 heterocycles. The molecule has 0 aliphatic rings. The molecular formula is C16H23N3. The molecule has 3 heteroatoms. The van der Waals surface area contributed by atoms with Gasteiger partial charge in [-0.15, -0.1) is 0 Å². The van der Waals surface area contributed by atoms with Gasteiger partial charge in [0.2, 0.25) is 0 Å². The van der Waals surface area contributed by atoms with E-state index in [2.05, 4.69) is 66.2 Å². The van der Waals surface area contributed by atoms with Gasteiger partial charge in [-0.05, 0) is 31.4 Å². The molecule has 0 saturated carbocycles. The van der Waals surface area contributed by atoms with E-state index in [-0.39, 0.29) is 0 Å². The van der Waals surface area contributed by atoms with Crippen LogP contribution in [-0.2, 0) is 13.1 Å². The van der Waals surface area contributed by atoms with Gasteiger partial charge in [-0.2, -0.15) is 5.10 Å². The summed E-state index contributed by atoms with van der Waals surface area (Å²) in [5, 5.41) is 8.01. The molecule has 1 N–H and O–H groups in total. The van der Waals surface area contributed by atoms with Crippen LogP contribution in [0.3, 0.4) is 0 Å². The first-order chi connectivity index (χ1) is 9.20. The predicted octanol–water partition coefficient (Wildman–Crippen LogP) is 3.91. The summed E-state index contributed by atoms with van der Waals surface area (Å²) in [6.07, 6.45) is 2.38. The fraction of sp³-hybridized carbons (Fsp3) is 0.438. The largest absolute Gasteiger partial charge is 0.365 e. The van der Waals surface area contributed by atoms with Crippen LogP contribution >= 0.6 is 0 Å². The summed E-state index contributed by atoms with van der Waals surface area (Å²) >= 11 is 0. The number of nitrogens with zero attached hydrogens (tertiary/aromatic N) is 2. The van der Waals surface area contributed by atoms with E-state index >= 15 is 0 Å². The van der Waals surface area contributed by atoms with Crippen LogP contribution in [0.1, 0.15) is 36.6 Å². The number of hydrogen-bond donors (Lipinski definition) is 1. The van der Waals surface area contributed by atoms with Gasteiger partial charge in [0.15, 0.2) is 0 Å². The van der Waals surface area contributed by atoms with Crippen molar-refractivity contribution in [1.82, 2.24) is 9.78 Å². The van der Waals surface area contributed by atoms with E-state index in [1.54, 1.807) is 0 Å². The van der Waals surface area contributed by atoms with Crippen molar-refractivity contribution in [1.29, 1.82) is 0 Å². The molecule has 0 spiro atoms. The number of benzene rings is 1. The third kappa shape index (κ3) is 3.60. The lowest BCUT2D eigenvalue weighted by molar-refractivity contribution is 0.560. The van der Waals surface area contributed by atoms with E-state index < -0.39 is 0 Å².